The number of anilines is 2. The van der Waals surface area contributed by atoms with Crippen molar-refractivity contribution < 1.29 is 0 Å². The molecule has 1 N–H and O–H groups in total. The molecule has 6 aromatic rings. The molecule has 5 aromatic carbocycles. The molecular weight excluding hydrogens is 555 g/mol. The first-order chi connectivity index (χ1) is 21.5. The fourth-order valence-corrected chi connectivity index (χ4v) is 10.2. The molecule has 6 rings (SSSR count). The minimum Gasteiger partial charge on any atom is -0.340 e. The van der Waals surface area contributed by atoms with E-state index in [2.05, 4.69) is 133 Å². The van der Waals surface area contributed by atoms with E-state index in [0.29, 0.717) is 12.0 Å². The van der Waals surface area contributed by atoms with Crippen molar-refractivity contribution in [3.05, 3.63) is 173 Å². The number of hydrogen-bond donors (Lipinski definition) is 1. The zero-order valence-electron chi connectivity index (χ0n) is 25.0. The van der Waals surface area contributed by atoms with Gasteiger partial charge in [0.25, 0.3) is 0 Å². The second-order valence-corrected chi connectivity index (χ2v) is 14.5. The van der Waals surface area contributed by atoms with E-state index in [1.54, 1.807) is 6.20 Å². The molecule has 0 spiro atoms. The molecule has 0 amide bonds. The number of rotatable bonds is 9. The second kappa shape index (κ2) is 13.0. The Morgan fingerprint density at radius 2 is 1.18 bits per heavy atom. The lowest BCUT2D eigenvalue weighted by Crippen LogP contribution is -2.32. The van der Waals surface area contributed by atoms with E-state index in [4.69, 9.17) is 10.2 Å². The summed E-state index contributed by atoms with van der Waals surface area (Å²) < 4.78 is 0. The summed E-state index contributed by atoms with van der Waals surface area (Å²) in [6.45, 7) is 4.34. The van der Waals surface area contributed by atoms with Crippen LogP contribution in [0.15, 0.2) is 140 Å². The first kappa shape index (κ1) is 29.0. The molecule has 0 aliphatic heterocycles. The molecule has 1 aromatic heterocycles. The predicted octanol–water partition coefficient (Wildman–Crippen LogP) is 7.79. The Morgan fingerprint density at radius 3 is 1.68 bits per heavy atom. The van der Waals surface area contributed by atoms with Crippen molar-refractivity contribution in [1.29, 1.82) is 5.26 Å². The van der Waals surface area contributed by atoms with Crippen molar-refractivity contribution in [2.45, 2.75) is 26.4 Å². The van der Waals surface area contributed by atoms with Crippen LogP contribution >= 0.6 is 7.26 Å². The van der Waals surface area contributed by atoms with Crippen molar-refractivity contribution in [2.75, 3.05) is 5.32 Å². The van der Waals surface area contributed by atoms with Crippen molar-refractivity contribution in [2.24, 2.45) is 0 Å². The van der Waals surface area contributed by atoms with Crippen molar-refractivity contribution in [1.82, 2.24) is 9.97 Å². The van der Waals surface area contributed by atoms with Crippen LogP contribution in [0.25, 0.3) is 0 Å². The van der Waals surface area contributed by atoms with Crippen molar-refractivity contribution in [3.8, 4) is 6.07 Å². The highest BCUT2D eigenvalue weighted by Crippen LogP contribution is 2.58. The highest BCUT2D eigenvalue weighted by Gasteiger charge is 2.45. The van der Waals surface area contributed by atoms with Gasteiger partial charge >= 0.3 is 0 Å². The molecule has 0 radical (unpaired) electrons. The monoisotopic (exact) mass is 589 g/mol. The minimum atomic E-state index is -2.00. The van der Waals surface area contributed by atoms with Gasteiger partial charge in [0.2, 0.25) is 0 Å². The summed E-state index contributed by atoms with van der Waals surface area (Å²) in [5.41, 5.74) is 6.47. The zero-order valence-corrected chi connectivity index (χ0v) is 25.9. The molecule has 0 unspecified atom stereocenters. The smallest absolute Gasteiger partial charge is 0.135 e. The summed E-state index contributed by atoms with van der Waals surface area (Å²) in [6.07, 6.45) is 3.32. The maximum atomic E-state index is 9.09. The van der Waals surface area contributed by atoms with Gasteiger partial charge in [0.1, 0.15) is 34.8 Å². The fraction of sp³-hybridized carbons (Fsp3) is 0.103. The Kier molecular flexibility index (Phi) is 8.59. The topological polar surface area (TPSA) is 61.6 Å². The molecule has 4 nitrogen and oxygen atoms in total. The van der Waals surface area contributed by atoms with Crippen LogP contribution in [-0.2, 0) is 12.6 Å². The van der Waals surface area contributed by atoms with E-state index in [1.165, 1.54) is 32.6 Å². The Labute approximate surface area is 260 Å². The third kappa shape index (κ3) is 6.16. The third-order valence-corrected chi connectivity index (χ3v) is 12.4. The maximum Gasteiger partial charge on any atom is 0.135 e. The molecule has 0 aliphatic rings. The standard InChI is InChI=1S/C39H34N4P/c1-29-24-33(25-30(2)39(29)43-37-22-23-41-38(42-37)26-31-18-20-32(27-40)21-19-31)28-44(34-12-6-3-7-13-34,35-14-8-4-9-15-35)36-16-10-5-11-17-36/h3-25H,26,28H2,1-2H3,(H,41,42,43)/q+1. The molecule has 214 valence electrons. The minimum absolute atomic E-state index is 0.600. The third-order valence-electron chi connectivity index (χ3n) is 8.01. The van der Waals surface area contributed by atoms with Crippen LogP contribution in [0, 0.1) is 25.2 Å². The number of nitrogens with one attached hydrogen (secondary N) is 1. The molecule has 0 saturated carbocycles. The number of aryl methyl sites for hydroxylation is 2. The second-order valence-electron chi connectivity index (χ2n) is 11.0. The first-order valence-corrected chi connectivity index (χ1v) is 16.8. The van der Waals surface area contributed by atoms with Crippen LogP contribution in [0.2, 0.25) is 0 Å². The lowest BCUT2D eigenvalue weighted by Gasteiger charge is -2.28. The Balaban J connectivity index is 1.34. The van der Waals surface area contributed by atoms with Crippen LogP contribution in [0.3, 0.4) is 0 Å². The summed E-state index contributed by atoms with van der Waals surface area (Å²) in [5.74, 6) is 1.50. The normalized spacial score (nSPS) is 11.1. The van der Waals surface area contributed by atoms with Gasteiger partial charge < -0.3 is 5.32 Å². The van der Waals surface area contributed by atoms with Gasteiger partial charge in [-0.15, -0.1) is 0 Å². The Morgan fingerprint density at radius 1 is 0.659 bits per heavy atom. The highest BCUT2D eigenvalue weighted by molar-refractivity contribution is 7.95. The van der Waals surface area contributed by atoms with Crippen LogP contribution in [-0.4, -0.2) is 9.97 Å². The van der Waals surface area contributed by atoms with Crippen LogP contribution in [0.1, 0.15) is 33.6 Å². The predicted molar refractivity (Wildman–Crippen MR) is 184 cm³/mol. The van der Waals surface area contributed by atoms with Gasteiger partial charge in [-0.3, -0.25) is 0 Å². The number of hydrogen-bond acceptors (Lipinski definition) is 4. The molecular formula is C39H34N4P+. The molecule has 0 aliphatic carbocycles. The summed E-state index contributed by atoms with van der Waals surface area (Å²) >= 11 is 0. The quantitative estimate of drug-likeness (QED) is 0.175. The van der Waals surface area contributed by atoms with E-state index in [-0.39, 0.29) is 0 Å². The average Bonchev–Trinajstić information content (AvgIpc) is 3.07. The van der Waals surface area contributed by atoms with E-state index in [9.17, 15) is 0 Å². The molecule has 1 heterocycles. The maximum absolute atomic E-state index is 9.09. The van der Waals surface area contributed by atoms with Crippen LogP contribution in [0.5, 0.6) is 0 Å². The molecule has 0 saturated heterocycles. The fourth-order valence-electron chi connectivity index (χ4n) is 5.95. The number of nitriles is 1. The summed E-state index contributed by atoms with van der Waals surface area (Å²) in [5, 5.41) is 16.8. The van der Waals surface area contributed by atoms with Crippen LogP contribution in [0.4, 0.5) is 11.5 Å². The van der Waals surface area contributed by atoms with Crippen molar-refractivity contribution >= 4 is 34.7 Å². The van der Waals surface area contributed by atoms with E-state index in [0.717, 1.165) is 29.1 Å². The van der Waals surface area contributed by atoms with Gasteiger partial charge in [0.05, 0.1) is 17.8 Å². The number of aromatic nitrogens is 2. The first-order valence-electron chi connectivity index (χ1n) is 14.8. The number of benzene rings is 5. The van der Waals surface area contributed by atoms with E-state index < -0.39 is 7.26 Å². The van der Waals surface area contributed by atoms with Crippen LogP contribution < -0.4 is 21.2 Å². The summed E-state index contributed by atoms with van der Waals surface area (Å²) in [7, 11) is -2.00. The average molecular weight is 590 g/mol. The van der Waals surface area contributed by atoms with Gasteiger partial charge in [-0.2, -0.15) is 5.26 Å². The Bertz CT molecular complexity index is 1780. The number of nitrogens with zero attached hydrogens (tertiary/aromatic N) is 3. The van der Waals surface area contributed by atoms with E-state index >= 15 is 0 Å². The Hall–Kier alpha value is -5.10. The largest absolute Gasteiger partial charge is 0.340 e. The molecule has 44 heavy (non-hydrogen) atoms. The van der Waals surface area contributed by atoms with E-state index in [1.807, 2.05) is 30.3 Å². The molecule has 0 fully saturated rings. The van der Waals surface area contributed by atoms with Crippen molar-refractivity contribution in [3.63, 3.8) is 0 Å². The SMILES string of the molecule is Cc1cc(C[P+](c2ccccc2)(c2ccccc2)c2ccccc2)cc(C)c1Nc1ccnc(Cc2ccc(C#N)cc2)n1. The lowest BCUT2D eigenvalue weighted by atomic mass is 10.1. The molecule has 5 heteroatoms. The summed E-state index contributed by atoms with van der Waals surface area (Å²) in [4.78, 5) is 9.30. The molecule has 0 bridgehead atoms. The van der Waals surface area contributed by atoms with Gasteiger partial charge in [-0.05, 0) is 90.7 Å². The summed E-state index contributed by atoms with van der Waals surface area (Å²) in [6, 6.07) is 49.4. The lowest BCUT2D eigenvalue weighted by molar-refractivity contribution is 0.971. The molecule has 0 atom stereocenters. The van der Waals surface area contributed by atoms with Gasteiger partial charge in [0.15, 0.2) is 0 Å². The highest BCUT2D eigenvalue weighted by atomic mass is 31.2. The van der Waals surface area contributed by atoms with Gasteiger partial charge in [-0.1, -0.05) is 78.9 Å². The van der Waals surface area contributed by atoms with Gasteiger partial charge in [-0.25, -0.2) is 9.97 Å². The zero-order chi connectivity index (χ0) is 30.4. The van der Waals surface area contributed by atoms with Gasteiger partial charge in [0, 0.05) is 18.3 Å².